The quantitative estimate of drug-likeness (QED) is 0.791. The first kappa shape index (κ1) is 13.1. The highest BCUT2D eigenvalue weighted by atomic mass is 79.9. The number of furan rings is 1. The Kier molecular flexibility index (Phi) is 3.22. The maximum Gasteiger partial charge on any atom is 0.223 e. The third kappa shape index (κ3) is 2.08. The fourth-order valence-corrected chi connectivity index (χ4v) is 3.24. The lowest BCUT2D eigenvalue weighted by atomic mass is 10.1. The standard InChI is InChI=1S/C15H12BrNO3/c1-9(19)17-5-4-10-6-11(7-13(16)15(10)17)14-3-2-12(8-18)20-14/h2-3,6-8H,4-5H2,1H3. The number of carbonyl (C=O) groups is 2. The van der Waals surface area contributed by atoms with E-state index in [4.69, 9.17) is 4.42 Å². The molecule has 2 heterocycles. The molecular formula is C15H12BrNO3. The summed E-state index contributed by atoms with van der Waals surface area (Å²) >= 11 is 3.52. The van der Waals surface area contributed by atoms with Crippen LogP contribution in [0.4, 0.5) is 5.69 Å². The van der Waals surface area contributed by atoms with Crippen LogP contribution in [0.15, 0.2) is 33.2 Å². The average Bonchev–Trinajstić information content (AvgIpc) is 3.05. The molecule has 0 saturated carbocycles. The topological polar surface area (TPSA) is 50.5 Å². The second-order valence-corrected chi connectivity index (χ2v) is 5.56. The molecule has 0 saturated heterocycles. The first-order valence-corrected chi connectivity index (χ1v) is 7.05. The van der Waals surface area contributed by atoms with Gasteiger partial charge in [-0.05, 0) is 52.2 Å². The number of benzene rings is 1. The Morgan fingerprint density at radius 2 is 2.20 bits per heavy atom. The molecule has 5 heteroatoms. The summed E-state index contributed by atoms with van der Waals surface area (Å²) in [6.45, 7) is 2.27. The molecular weight excluding hydrogens is 322 g/mol. The van der Waals surface area contributed by atoms with Crippen molar-refractivity contribution in [2.24, 2.45) is 0 Å². The van der Waals surface area contributed by atoms with Crippen molar-refractivity contribution < 1.29 is 14.0 Å². The molecule has 0 unspecified atom stereocenters. The highest BCUT2D eigenvalue weighted by Crippen LogP contribution is 2.39. The van der Waals surface area contributed by atoms with Crippen molar-refractivity contribution in [3.8, 4) is 11.3 Å². The number of aldehydes is 1. The summed E-state index contributed by atoms with van der Waals surface area (Å²) in [5.41, 5.74) is 2.94. The minimum Gasteiger partial charge on any atom is -0.453 e. The van der Waals surface area contributed by atoms with E-state index in [1.807, 2.05) is 12.1 Å². The molecule has 0 fully saturated rings. The van der Waals surface area contributed by atoms with Crippen molar-refractivity contribution in [2.75, 3.05) is 11.4 Å². The second kappa shape index (κ2) is 4.90. The fourth-order valence-electron chi connectivity index (χ4n) is 2.52. The minimum atomic E-state index is 0.0402. The van der Waals surface area contributed by atoms with Crippen LogP contribution in [0.5, 0.6) is 0 Å². The largest absolute Gasteiger partial charge is 0.453 e. The maximum absolute atomic E-state index is 11.6. The summed E-state index contributed by atoms with van der Waals surface area (Å²) in [7, 11) is 0. The van der Waals surface area contributed by atoms with E-state index < -0.39 is 0 Å². The van der Waals surface area contributed by atoms with Gasteiger partial charge in [0, 0.05) is 23.5 Å². The number of hydrogen-bond donors (Lipinski definition) is 0. The lowest BCUT2D eigenvalue weighted by Crippen LogP contribution is -2.26. The molecule has 0 atom stereocenters. The zero-order chi connectivity index (χ0) is 14.3. The lowest BCUT2D eigenvalue weighted by molar-refractivity contribution is -0.116. The molecule has 0 N–H and O–H groups in total. The van der Waals surface area contributed by atoms with Crippen molar-refractivity contribution in [1.82, 2.24) is 0 Å². The van der Waals surface area contributed by atoms with Gasteiger partial charge in [0.2, 0.25) is 5.91 Å². The summed E-state index contributed by atoms with van der Waals surface area (Å²) in [6, 6.07) is 7.34. The normalized spacial score (nSPS) is 13.4. The molecule has 2 aromatic rings. The highest BCUT2D eigenvalue weighted by Gasteiger charge is 2.25. The van der Waals surface area contributed by atoms with E-state index >= 15 is 0 Å². The van der Waals surface area contributed by atoms with Crippen LogP contribution in [0.3, 0.4) is 0 Å². The Morgan fingerprint density at radius 1 is 1.40 bits per heavy atom. The summed E-state index contributed by atoms with van der Waals surface area (Å²) in [5, 5.41) is 0. The van der Waals surface area contributed by atoms with Gasteiger partial charge in [-0.2, -0.15) is 0 Å². The van der Waals surface area contributed by atoms with Crippen molar-refractivity contribution in [3.63, 3.8) is 0 Å². The smallest absolute Gasteiger partial charge is 0.223 e. The Labute approximate surface area is 124 Å². The van der Waals surface area contributed by atoms with Gasteiger partial charge in [-0.1, -0.05) is 0 Å². The van der Waals surface area contributed by atoms with Crippen LogP contribution < -0.4 is 4.90 Å². The van der Waals surface area contributed by atoms with Gasteiger partial charge in [-0.3, -0.25) is 9.59 Å². The van der Waals surface area contributed by atoms with Crippen LogP contribution >= 0.6 is 15.9 Å². The molecule has 1 aromatic carbocycles. The molecule has 1 aromatic heterocycles. The van der Waals surface area contributed by atoms with Crippen molar-refractivity contribution in [3.05, 3.63) is 40.1 Å². The molecule has 1 aliphatic rings. The number of halogens is 1. The molecule has 0 spiro atoms. The fraction of sp³-hybridized carbons (Fsp3) is 0.200. The van der Waals surface area contributed by atoms with E-state index in [1.54, 1.807) is 24.0 Å². The number of carbonyl (C=O) groups excluding carboxylic acids is 2. The predicted molar refractivity (Wildman–Crippen MR) is 79.0 cm³/mol. The van der Waals surface area contributed by atoms with Crippen LogP contribution in [0.2, 0.25) is 0 Å². The van der Waals surface area contributed by atoms with Gasteiger partial charge >= 0.3 is 0 Å². The van der Waals surface area contributed by atoms with Crippen molar-refractivity contribution in [1.29, 1.82) is 0 Å². The Bertz CT molecular complexity index is 705. The molecule has 102 valence electrons. The number of hydrogen-bond acceptors (Lipinski definition) is 3. The van der Waals surface area contributed by atoms with Gasteiger partial charge in [0.1, 0.15) is 5.76 Å². The SMILES string of the molecule is CC(=O)N1CCc2cc(-c3ccc(C=O)o3)cc(Br)c21. The van der Waals surface area contributed by atoms with Crippen molar-refractivity contribution in [2.45, 2.75) is 13.3 Å². The van der Waals surface area contributed by atoms with Gasteiger partial charge in [-0.15, -0.1) is 0 Å². The van der Waals surface area contributed by atoms with Crippen LogP contribution in [0.1, 0.15) is 23.0 Å². The van der Waals surface area contributed by atoms with Crippen LogP contribution in [-0.4, -0.2) is 18.7 Å². The average molecular weight is 334 g/mol. The van der Waals surface area contributed by atoms with E-state index in [9.17, 15) is 9.59 Å². The Morgan fingerprint density at radius 3 is 2.85 bits per heavy atom. The first-order valence-electron chi connectivity index (χ1n) is 6.26. The molecule has 0 bridgehead atoms. The maximum atomic E-state index is 11.6. The molecule has 0 aliphatic carbocycles. The molecule has 20 heavy (non-hydrogen) atoms. The number of anilines is 1. The number of amides is 1. The number of rotatable bonds is 2. The van der Waals surface area contributed by atoms with Gasteiger partial charge in [0.25, 0.3) is 0 Å². The Hall–Kier alpha value is -1.88. The zero-order valence-corrected chi connectivity index (χ0v) is 12.4. The van der Waals surface area contributed by atoms with E-state index in [1.165, 1.54) is 0 Å². The van der Waals surface area contributed by atoms with Gasteiger partial charge in [-0.25, -0.2) is 0 Å². The van der Waals surface area contributed by atoms with E-state index in [2.05, 4.69) is 15.9 Å². The highest BCUT2D eigenvalue weighted by molar-refractivity contribution is 9.10. The first-order chi connectivity index (χ1) is 9.60. The van der Waals surface area contributed by atoms with Crippen LogP contribution in [0, 0.1) is 0 Å². The molecule has 0 radical (unpaired) electrons. The lowest BCUT2D eigenvalue weighted by Gasteiger charge is -2.16. The monoisotopic (exact) mass is 333 g/mol. The molecule has 4 nitrogen and oxygen atoms in total. The van der Waals surface area contributed by atoms with Gasteiger partial charge in [0.05, 0.1) is 5.69 Å². The van der Waals surface area contributed by atoms with Gasteiger partial charge in [0.15, 0.2) is 12.0 Å². The summed E-state index contributed by atoms with van der Waals surface area (Å²) in [6.07, 6.45) is 1.51. The summed E-state index contributed by atoms with van der Waals surface area (Å²) in [4.78, 5) is 24.0. The summed E-state index contributed by atoms with van der Waals surface area (Å²) in [5.74, 6) is 0.997. The molecule has 1 aliphatic heterocycles. The van der Waals surface area contributed by atoms with Crippen molar-refractivity contribution >= 4 is 33.8 Å². The third-order valence-electron chi connectivity index (χ3n) is 3.42. The second-order valence-electron chi connectivity index (χ2n) is 4.71. The van der Waals surface area contributed by atoms with E-state index in [0.717, 1.165) is 27.7 Å². The Balaban J connectivity index is 2.07. The zero-order valence-electron chi connectivity index (χ0n) is 10.9. The minimum absolute atomic E-state index is 0.0402. The molecule has 1 amide bonds. The number of nitrogens with zero attached hydrogens (tertiary/aromatic N) is 1. The molecule has 3 rings (SSSR count). The van der Waals surface area contributed by atoms with Crippen LogP contribution in [-0.2, 0) is 11.2 Å². The number of fused-ring (bicyclic) bond motifs is 1. The van der Waals surface area contributed by atoms with E-state index in [-0.39, 0.29) is 5.91 Å². The predicted octanol–water partition coefficient (Wildman–Crippen LogP) is 3.43. The third-order valence-corrected chi connectivity index (χ3v) is 4.03. The van der Waals surface area contributed by atoms with E-state index in [0.29, 0.717) is 24.4 Å². The van der Waals surface area contributed by atoms with Gasteiger partial charge < -0.3 is 9.32 Å². The summed E-state index contributed by atoms with van der Waals surface area (Å²) < 4.78 is 6.30. The van der Waals surface area contributed by atoms with Crippen LogP contribution in [0.25, 0.3) is 11.3 Å².